The van der Waals surface area contributed by atoms with Gasteiger partial charge in [0.15, 0.2) is 0 Å². The lowest BCUT2D eigenvalue weighted by Crippen LogP contribution is -2.41. The molecule has 0 unspecified atom stereocenters. The largest absolute Gasteiger partial charge is 0.467 e. The molecule has 1 fully saturated rings. The van der Waals surface area contributed by atoms with Crippen LogP contribution < -0.4 is 4.74 Å². The zero-order chi connectivity index (χ0) is 19.0. The van der Waals surface area contributed by atoms with Crippen molar-refractivity contribution in [1.82, 2.24) is 9.29 Å². The van der Waals surface area contributed by atoms with E-state index in [4.69, 9.17) is 4.74 Å². The molecule has 0 N–H and O–H groups in total. The van der Waals surface area contributed by atoms with E-state index in [1.54, 1.807) is 6.07 Å². The van der Waals surface area contributed by atoms with Gasteiger partial charge in [-0.3, -0.25) is 0 Å². The highest BCUT2D eigenvalue weighted by Gasteiger charge is 2.30. The molecular weight excluding hydrogens is 394 g/mol. The third-order valence-electron chi connectivity index (χ3n) is 4.45. The first-order chi connectivity index (χ1) is 12.9. The van der Waals surface area contributed by atoms with E-state index >= 15 is 0 Å². The molecule has 0 radical (unpaired) electrons. The van der Waals surface area contributed by atoms with E-state index in [0.717, 1.165) is 12.1 Å². The lowest BCUT2D eigenvalue weighted by atomic mass is 10.1. The van der Waals surface area contributed by atoms with Crippen molar-refractivity contribution in [3.05, 3.63) is 54.1 Å². The number of sulfonamides is 1. The van der Waals surface area contributed by atoms with Gasteiger partial charge in [-0.15, -0.1) is 0 Å². The van der Waals surface area contributed by atoms with Gasteiger partial charge in [-0.25, -0.2) is 22.2 Å². The summed E-state index contributed by atoms with van der Waals surface area (Å²) >= 11 is 1.27. The van der Waals surface area contributed by atoms with Crippen LogP contribution in [-0.4, -0.2) is 36.9 Å². The van der Waals surface area contributed by atoms with Crippen molar-refractivity contribution < 1.29 is 21.9 Å². The summed E-state index contributed by atoms with van der Waals surface area (Å²) in [5, 5.41) is 0.454. The van der Waals surface area contributed by atoms with Gasteiger partial charge in [0.1, 0.15) is 17.7 Å². The molecule has 3 aromatic rings. The normalized spacial score (nSPS) is 16.7. The first-order valence-electron chi connectivity index (χ1n) is 8.40. The van der Waals surface area contributed by atoms with Crippen LogP contribution in [0.4, 0.5) is 8.78 Å². The van der Waals surface area contributed by atoms with Crippen molar-refractivity contribution in [2.45, 2.75) is 23.8 Å². The second kappa shape index (κ2) is 7.14. The minimum absolute atomic E-state index is 0.0801. The maximum absolute atomic E-state index is 13.3. The predicted octanol–water partition coefficient (Wildman–Crippen LogP) is 3.81. The highest BCUT2D eigenvalue weighted by atomic mass is 32.2. The van der Waals surface area contributed by atoms with Gasteiger partial charge in [0.05, 0.1) is 15.1 Å². The topological polar surface area (TPSA) is 59.5 Å². The molecule has 1 saturated heterocycles. The number of aromatic nitrogens is 1. The second-order valence-corrected chi connectivity index (χ2v) is 9.20. The van der Waals surface area contributed by atoms with Gasteiger partial charge in [-0.2, -0.15) is 4.31 Å². The van der Waals surface area contributed by atoms with E-state index in [1.807, 2.05) is 0 Å². The molecule has 0 spiro atoms. The Hall–Kier alpha value is -2.10. The standard InChI is InChI=1S/C18H16F2N2O3S2/c19-12-1-4-15(5-2-12)27(23,24)22-9-7-14(8-10-22)25-18-21-16-6-3-13(20)11-17(16)26-18/h1-6,11,14H,7-10H2. The number of hydrogen-bond donors (Lipinski definition) is 0. The average molecular weight is 410 g/mol. The fourth-order valence-electron chi connectivity index (χ4n) is 3.02. The Morgan fingerprint density at radius 2 is 1.70 bits per heavy atom. The number of ether oxygens (including phenoxy) is 1. The van der Waals surface area contributed by atoms with Crippen molar-refractivity contribution in [3.8, 4) is 5.19 Å². The zero-order valence-corrected chi connectivity index (χ0v) is 15.8. The molecule has 1 aromatic heterocycles. The van der Waals surface area contributed by atoms with Crippen molar-refractivity contribution in [3.63, 3.8) is 0 Å². The quantitative estimate of drug-likeness (QED) is 0.656. The lowest BCUT2D eigenvalue weighted by Gasteiger charge is -2.30. The number of piperidine rings is 1. The van der Waals surface area contributed by atoms with Crippen LogP contribution >= 0.6 is 11.3 Å². The molecule has 2 heterocycles. The first-order valence-corrected chi connectivity index (χ1v) is 10.7. The van der Waals surface area contributed by atoms with Crippen molar-refractivity contribution in [2.24, 2.45) is 0 Å². The monoisotopic (exact) mass is 410 g/mol. The Balaban J connectivity index is 1.41. The van der Waals surface area contributed by atoms with Crippen LogP contribution in [-0.2, 0) is 10.0 Å². The molecule has 4 rings (SSSR count). The smallest absolute Gasteiger partial charge is 0.274 e. The molecule has 1 aliphatic rings. The Bertz CT molecular complexity index is 1060. The van der Waals surface area contributed by atoms with Crippen LogP contribution in [0, 0.1) is 11.6 Å². The summed E-state index contributed by atoms with van der Waals surface area (Å²) < 4.78 is 59.5. The number of hydrogen-bond acceptors (Lipinski definition) is 5. The van der Waals surface area contributed by atoms with Crippen molar-refractivity contribution in [1.29, 1.82) is 0 Å². The maximum Gasteiger partial charge on any atom is 0.274 e. The summed E-state index contributed by atoms with van der Waals surface area (Å²) in [6.07, 6.45) is 0.880. The van der Waals surface area contributed by atoms with E-state index in [2.05, 4.69) is 4.98 Å². The Kier molecular flexibility index (Phi) is 4.83. The van der Waals surface area contributed by atoms with Gasteiger partial charge in [-0.1, -0.05) is 11.3 Å². The van der Waals surface area contributed by atoms with E-state index in [1.165, 1.54) is 39.9 Å². The molecule has 0 bridgehead atoms. The fourth-order valence-corrected chi connectivity index (χ4v) is 5.39. The molecular formula is C18H16F2N2O3S2. The molecule has 0 saturated carbocycles. The summed E-state index contributed by atoms with van der Waals surface area (Å²) in [5.74, 6) is -0.797. The third kappa shape index (κ3) is 3.80. The number of rotatable bonds is 4. The van der Waals surface area contributed by atoms with Gasteiger partial charge in [0.2, 0.25) is 10.0 Å². The van der Waals surface area contributed by atoms with Crippen molar-refractivity contribution in [2.75, 3.05) is 13.1 Å². The molecule has 0 aliphatic carbocycles. The van der Waals surface area contributed by atoms with Gasteiger partial charge in [-0.05, 0) is 55.3 Å². The number of halogens is 2. The molecule has 27 heavy (non-hydrogen) atoms. The molecule has 0 amide bonds. The number of fused-ring (bicyclic) bond motifs is 1. The van der Waals surface area contributed by atoms with E-state index in [-0.39, 0.29) is 16.8 Å². The molecule has 5 nitrogen and oxygen atoms in total. The van der Waals surface area contributed by atoms with Gasteiger partial charge < -0.3 is 4.74 Å². The van der Waals surface area contributed by atoms with Crippen LogP contribution in [0.25, 0.3) is 10.2 Å². The Labute approximate surface area is 159 Å². The molecule has 1 aliphatic heterocycles. The highest BCUT2D eigenvalue weighted by molar-refractivity contribution is 7.89. The fraction of sp³-hybridized carbons (Fsp3) is 0.278. The lowest BCUT2D eigenvalue weighted by molar-refractivity contribution is 0.135. The summed E-state index contributed by atoms with van der Waals surface area (Å²) in [6.45, 7) is 0.619. The van der Waals surface area contributed by atoms with Gasteiger partial charge in [0, 0.05) is 13.1 Å². The van der Waals surface area contributed by atoms with Crippen molar-refractivity contribution >= 4 is 31.6 Å². The SMILES string of the molecule is O=S(=O)(c1ccc(F)cc1)N1CCC(Oc2nc3ccc(F)cc3s2)CC1. The Morgan fingerprint density at radius 3 is 2.41 bits per heavy atom. The van der Waals surface area contributed by atoms with E-state index in [9.17, 15) is 17.2 Å². The van der Waals surface area contributed by atoms with Crippen LogP contribution in [0.5, 0.6) is 5.19 Å². The van der Waals surface area contributed by atoms with Crippen LogP contribution in [0.15, 0.2) is 47.4 Å². The zero-order valence-electron chi connectivity index (χ0n) is 14.1. The minimum Gasteiger partial charge on any atom is -0.467 e. The third-order valence-corrected chi connectivity index (χ3v) is 7.27. The number of benzene rings is 2. The van der Waals surface area contributed by atoms with E-state index in [0.29, 0.717) is 41.3 Å². The molecule has 0 atom stereocenters. The van der Waals surface area contributed by atoms with Crippen LogP contribution in [0.2, 0.25) is 0 Å². The van der Waals surface area contributed by atoms with Gasteiger partial charge in [0.25, 0.3) is 5.19 Å². The summed E-state index contributed by atoms with van der Waals surface area (Å²) in [5.41, 5.74) is 0.674. The maximum atomic E-state index is 13.3. The summed E-state index contributed by atoms with van der Waals surface area (Å²) in [7, 11) is -3.64. The molecule has 2 aromatic carbocycles. The minimum atomic E-state index is -3.64. The Morgan fingerprint density at radius 1 is 1.04 bits per heavy atom. The second-order valence-electron chi connectivity index (χ2n) is 6.27. The number of nitrogens with zero attached hydrogens (tertiary/aromatic N) is 2. The molecule has 142 valence electrons. The highest BCUT2D eigenvalue weighted by Crippen LogP contribution is 2.31. The average Bonchev–Trinajstić information content (AvgIpc) is 3.04. The van der Waals surface area contributed by atoms with E-state index < -0.39 is 15.8 Å². The van der Waals surface area contributed by atoms with Gasteiger partial charge >= 0.3 is 0 Å². The predicted molar refractivity (Wildman–Crippen MR) is 98.4 cm³/mol. The number of thiazole rings is 1. The molecule has 9 heteroatoms. The summed E-state index contributed by atoms with van der Waals surface area (Å²) in [6, 6.07) is 9.19. The first kappa shape index (κ1) is 18.3. The van der Waals surface area contributed by atoms with Crippen LogP contribution in [0.3, 0.4) is 0 Å². The van der Waals surface area contributed by atoms with Crippen LogP contribution in [0.1, 0.15) is 12.8 Å². The summed E-state index contributed by atoms with van der Waals surface area (Å²) in [4.78, 5) is 4.41.